The van der Waals surface area contributed by atoms with Gasteiger partial charge in [-0.3, -0.25) is 9.59 Å². The number of esters is 1. The SMILES string of the molecule is Cc1ccc(-c2nc(CC(=O)O[C@H](C)C(=O)Nc3ccc(C)c(F)c3)cs2)cc1. The van der Waals surface area contributed by atoms with Gasteiger partial charge in [-0.15, -0.1) is 11.3 Å². The maximum absolute atomic E-state index is 13.6. The van der Waals surface area contributed by atoms with Gasteiger partial charge in [0.15, 0.2) is 6.10 Å². The summed E-state index contributed by atoms with van der Waals surface area (Å²) >= 11 is 1.45. The number of ether oxygens (including phenoxy) is 1. The predicted octanol–water partition coefficient (Wildman–Crippen LogP) is 4.68. The minimum atomic E-state index is -1.01. The molecule has 29 heavy (non-hydrogen) atoms. The number of aryl methyl sites for hydroxylation is 2. The van der Waals surface area contributed by atoms with Crippen molar-refractivity contribution in [1.29, 1.82) is 0 Å². The van der Waals surface area contributed by atoms with Gasteiger partial charge in [-0.25, -0.2) is 9.37 Å². The third-order valence-corrected chi connectivity index (χ3v) is 5.23. The highest BCUT2D eigenvalue weighted by Crippen LogP contribution is 2.24. The molecule has 1 heterocycles. The molecule has 1 N–H and O–H groups in total. The summed E-state index contributed by atoms with van der Waals surface area (Å²) in [5.41, 5.74) is 3.52. The van der Waals surface area contributed by atoms with E-state index in [-0.39, 0.29) is 6.42 Å². The zero-order valence-electron chi connectivity index (χ0n) is 16.4. The Labute approximate surface area is 172 Å². The summed E-state index contributed by atoms with van der Waals surface area (Å²) in [5.74, 6) is -1.50. The maximum Gasteiger partial charge on any atom is 0.312 e. The molecule has 0 radical (unpaired) electrons. The van der Waals surface area contributed by atoms with Crippen LogP contribution < -0.4 is 5.32 Å². The van der Waals surface area contributed by atoms with E-state index in [9.17, 15) is 14.0 Å². The summed E-state index contributed by atoms with van der Waals surface area (Å²) in [6.07, 6.45) is -1.04. The van der Waals surface area contributed by atoms with Crippen LogP contribution in [0.1, 0.15) is 23.7 Å². The van der Waals surface area contributed by atoms with Crippen LogP contribution >= 0.6 is 11.3 Å². The molecule has 1 aromatic heterocycles. The van der Waals surface area contributed by atoms with Crippen molar-refractivity contribution >= 4 is 28.9 Å². The monoisotopic (exact) mass is 412 g/mol. The average Bonchev–Trinajstić information content (AvgIpc) is 3.13. The molecular weight excluding hydrogens is 391 g/mol. The number of nitrogens with one attached hydrogen (secondary N) is 1. The lowest BCUT2D eigenvalue weighted by atomic mass is 10.2. The molecule has 0 bridgehead atoms. The fourth-order valence-electron chi connectivity index (χ4n) is 2.57. The summed E-state index contributed by atoms with van der Waals surface area (Å²) in [6, 6.07) is 12.4. The molecule has 5 nitrogen and oxygen atoms in total. The van der Waals surface area contributed by atoms with Crippen molar-refractivity contribution in [3.8, 4) is 10.6 Å². The fraction of sp³-hybridized carbons (Fsp3) is 0.227. The van der Waals surface area contributed by atoms with Crippen molar-refractivity contribution in [2.75, 3.05) is 5.32 Å². The molecule has 0 aliphatic rings. The van der Waals surface area contributed by atoms with Crippen LogP contribution in [0.15, 0.2) is 47.8 Å². The maximum atomic E-state index is 13.6. The normalized spacial score (nSPS) is 11.7. The minimum absolute atomic E-state index is 0.0286. The summed E-state index contributed by atoms with van der Waals surface area (Å²) in [6.45, 7) is 5.12. The number of halogens is 1. The molecule has 7 heteroatoms. The average molecular weight is 412 g/mol. The van der Waals surface area contributed by atoms with Crippen LogP contribution in [0.4, 0.5) is 10.1 Å². The van der Waals surface area contributed by atoms with E-state index in [0.29, 0.717) is 16.9 Å². The summed E-state index contributed by atoms with van der Waals surface area (Å²) < 4.78 is 18.8. The van der Waals surface area contributed by atoms with E-state index in [4.69, 9.17) is 4.74 Å². The lowest BCUT2D eigenvalue weighted by molar-refractivity contribution is -0.152. The molecule has 0 unspecified atom stereocenters. The van der Waals surface area contributed by atoms with Crippen molar-refractivity contribution < 1.29 is 18.7 Å². The topological polar surface area (TPSA) is 68.3 Å². The van der Waals surface area contributed by atoms with E-state index >= 15 is 0 Å². The van der Waals surface area contributed by atoms with Crippen molar-refractivity contribution in [2.24, 2.45) is 0 Å². The van der Waals surface area contributed by atoms with Gasteiger partial charge in [0.25, 0.3) is 5.91 Å². The first-order valence-corrected chi connectivity index (χ1v) is 9.97. The summed E-state index contributed by atoms with van der Waals surface area (Å²) in [4.78, 5) is 28.8. The second-order valence-electron chi connectivity index (χ2n) is 6.77. The lowest BCUT2D eigenvalue weighted by Gasteiger charge is -2.13. The highest BCUT2D eigenvalue weighted by Gasteiger charge is 2.19. The Morgan fingerprint density at radius 3 is 2.59 bits per heavy atom. The Morgan fingerprint density at radius 2 is 1.90 bits per heavy atom. The first-order chi connectivity index (χ1) is 13.8. The number of hydrogen-bond acceptors (Lipinski definition) is 5. The number of anilines is 1. The number of amides is 1. The van der Waals surface area contributed by atoms with E-state index in [1.54, 1.807) is 24.4 Å². The van der Waals surface area contributed by atoms with Gasteiger partial charge in [-0.1, -0.05) is 35.9 Å². The molecule has 0 saturated heterocycles. The van der Waals surface area contributed by atoms with Gasteiger partial charge in [0, 0.05) is 16.6 Å². The predicted molar refractivity (Wildman–Crippen MR) is 111 cm³/mol. The molecule has 1 amide bonds. The fourth-order valence-corrected chi connectivity index (χ4v) is 3.40. The Kier molecular flexibility index (Phi) is 6.39. The van der Waals surface area contributed by atoms with Crippen molar-refractivity contribution in [1.82, 2.24) is 4.98 Å². The largest absolute Gasteiger partial charge is 0.452 e. The highest BCUT2D eigenvalue weighted by atomic mass is 32.1. The number of aromatic nitrogens is 1. The first kappa shape index (κ1) is 20.7. The van der Waals surface area contributed by atoms with E-state index in [1.807, 2.05) is 31.2 Å². The van der Waals surface area contributed by atoms with Crippen LogP contribution in [-0.2, 0) is 20.7 Å². The molecule has 150 valence electrons. The number of hydrogen-bond donors (Lipinski definition) is 1. The van der Waals surface area contributed by atoms with Crippen LogP contribution in [0, 0.1) is 19.7 Å². The first-order valence-electron chi connectivity index (χ1n) is 9.10. The number of thiazole rings is 1. The van der Waals surface area contributed by atoms with Gasteiger partial charge in [0.05, 0.1) is 12.1 Å². The third kappa shape index (κ3) is 5.48. The van der Waals surface area contributed by atoms with Crippen LogP contribution in [-0.4, -0.2) is 23.0 Å². The Bertz CT molecular complexity index is 1030. The Balaban J connectivity index is 1.55. The van der Waals surface area contributed by atoms with Gasteiger partial charge < -0.3 is 10.1 Å². The van der Waals surface area contributed by atoms with E-state index in [2.05, 4.69) is 10.3 Å². The molecule has 0 spiro atoms. The highest BCUT2D eigenvalue weighted by molar-refractivity contribution is 7.13. The quantitative estimate of drug-likeness (QED) is 0.597. The standard InChI is InChI=1S/C22H21FN2O3S/c1-13-4-7-16(8-5-13)22-25-18(12-29-22)11-20(26)28-15(3)21(27)24-17-9-6-14(2)19(23)10-17/h4-10,12,15H,11H2,1-3H3,(H,24,27)/t15-/m1/s1. The second kappa shape index (κ2) is 8.96. The number of rotatable bonds is 6. The lowest BCUT2D eigenvalue weighted by Crippen LogP contribution is -2.30. The van der Waals surface area contributed by atoms with Gasteiger partial charge in [0.1, 0.15) is 10.8 Å². The van der Waals surface area contributed by atoms with Crippen LogP contribution in [0.3, 0.4) is 0 Å². The zero-order valence-corrected chi connectivity index (χ0v) is 17.2. The molecule has 0 aliphatic heterocycles. The third-order valence-electron chi connectivity index (χ3n) is 4.29. The smallest absolute Gasteiger partial charge is 0.312 e. The van der Waals surface area contributed by atoms with Crippen LogP contribution in [0.5, 0.6) is 0 Å². The molecule has 0 aliphatic carbocycles. The molecule has 3 rings (SSSR count). The van der Waals surface area contributed by atoms with Crippen molar-refractivity contribution in [3.63, 3.8) is 0 Å². The van der Waals surface area contributed by atoms with Crippen molar-refractivity contribution in [2.45, 2.75) is 33.3 Å². The molecule has 1 atom stereocenters. The Hall–Kier alpha value is -3.06. The molecule has 3 aromatic rings. The van der Waals surface area contributed by atoms with Gasteiger partial charge in [-0.2, -0.15) is 0 Å². The Morgan fingerprint density at radius 1 is 1.17 bits per heavy atom. The van der Waals surface area contributed by atoms with Gasteiger partial charge >= 0.3 is 5.97 Å². The van der Waals surface area contributed by atoms with Gasteiger partial charge in [-0.05, 0) is 38.5 Å². The van der Waals surface area contributed by atoms with E-state index in [0.717, 1.165) is 16.1 Å². The number of carbonyl (C=O) groups is 2. The number of nitrogens with zero attached hydrogens (tertiary/aromatic N) is 1. The summed E-state index contributed by atoms with van der Waals surface area (Å²) in [5, 5.41) is 5.16. The second-order valence-corrected chi connectivity index (χ2v) is 7.63. The molecular formula is C22H21FN2O3S. The van der Waals surface area contributed by atoms with Gasteiger partial charge in [0.2, 0.25) is 0 Å². The molecule has 0 fully saturated rings. The van der Waals surface area contributed by atoms with E-state index < -0.39 is 23.8 Å². The van der Waals surface area contributed by atoms with E-state index in [1.165, 1.54) is 24.3 Å². The minimum Gasteiger partial charge on any atom is -0.452 e. The summed E-state index contributed by atoms with van der Waals surface area (Å²) in [7, 11) is 0. The van der Waals surface area contributed by atoms with Crippen molar-refractivity contribution in [3.05, 3.63) is 70.5 Å². The number of carbonyl (C=O) groups excluding carboxylic acids is 2. The molecule has 2 aromatic carbocycles. The molecule has 0 saturated carbocycles. The number of benzene rings is 2. The zero-order chi connectivity index (χ0) is 21.0. The van der Waals surface area contributed by atoms with Crippen LogP contribution in [0.2, 0.25) is 0 Å². The van der Waals surface area contributed by atoms with Crippen LogP contribution in [0.25, 0.3) is 10.6 Å².